The van der Waals surface area contributed by atoms with Gasteiger partial charge in [0.1, 0.15) is 6.54 Å². The number of hydroxylamine groups is 2. The molecule has 33 heavy (non-hydrogen) atoms. The highest BCUT2D eigenvalue weighted by atomic mass is 35.5. The summed E-state index contributed by atoms with van der Waals surface area (Å²) in [4.78, 5) is 46.3. The highest BCUT2D eigenvalue weighted by Gasteiger charge is 2.59. The third kappa shape index (κ3) is 5.11. The first-order valence-corrected chi connectivity index (χ1v) is 11.6. The van der Waals surface area contributed by atoms with Gasteiger partial charge in [-0.05, 0) is 35.6 Å². The molecule has 2 aliphatic heterocycles. The molecule has 1 N–H and O–H groups in total. The maximum Gasteiger partial charge on any atom is 0.261 e. The molecule has 3 amide bonds. The van der Waals surface area contributed by atoms with Crippen LogP contribution in [0.2, 0.25) is 5.02 Å². The van der Waals surface area contributed by atoms with Crippen molar-refractivity contribution in [3.05, 3.63) is 70.7 Å². The minimum atomic E-state index is -0.953. The van der Waals surface area contributed by atoms with E-state index in [9.17, 15) is 14.4 Å². The molecule has 0 radical (unpaired) electrons. The molecule has 0 aliphatic carbocycles. The molecule has 7 nitrogen and oxygen atoms in total. The summed E-state index contributed by atoms with van der Waals surface area (Å²) in [6.07, 6.45) is -0.0884. The number of hydrogen-bond acceptors (Lipinski definition) is 5. The molecule has 2 aromatic carbocycles. The Kier molecular flexibility index (Phi) is 7.12. The van der Waals surface area contributed by atoms with E-state index in [0.29, 0.717) is 17.5 Å². The van der Waals surface area contributed by atoms with Gasteiger partial charge in [-0.15, -0.1) is 0 Å². The lowest BCUT2D eigenvalue weighted by atomic mass is 9.91. The summed E-state index contributed by atoms with van der Waals surface area (Å²) in [5.41, 5.74) is 1.63. The number of likely N-dealkylation sites (tertiary alicyclic amines) is 1. The fourth-order valence-corrected chi connectivity index (χ4v) is 4.44. The first-order valence-electron chi connectivity index (χ1n) is 11.2. The van der Waals surface area contributed by atoms with Crippen molar-refractivity contribution in [2.24, 2.45) is 11.8 Å². The van der Waals surface area contributed by atoms with E-state index in [0.717, 1.165) is 17.5 Å². The molecule has 2 fully saturated rings. The number of benzene rings is 2. The van der Waals surface area contributed by atoms with Gasteiger partial charge >= 0.3 is 0 Å². The molecule has 3 unspecified atom stereocenters. The van der Waals surface area contributed by atoms with E-state index < -0.39 is 18.1 Å². The predicted octanol–water partition coefficient (Wildman–Crippen LogP) is 3.34. The quantitative estimate of drug-likeness (QED) is 0.600. The van der Waals surface area contributed by atoms with Gasteiger partial charge in [-0.3, -0.25) is 24.1 Å². The van der Waals surface area contributed by atoms with Crippen LogP contribution < -0.4 is 5.32 Å². The molecule has 174 valence electrons. The molecule has 0 spiro atoms. The number of nitrogens with zero attached hydrogens (tertiary/aromatic N) is 2. The van der Waals surface area contributed by atoms with E-state index in [1.165, 1.54) is 9.96 Å². The minimum Gasteiger partial charge on any atom is -0.355 e. The van der Waals surface area contributed by atoms with Gasteiger partial charge in [0.05, 0.1) is 18.5 Å². The highest BCUT2D eigenvalue weighted by Crippen LogP contribution is 2.44. The van der Waals surface area contributed by atoms with Crippen LogP contribution in [0.1, 0.15) is 37.4 Å². The molecule has 3 atom stereocenters. The van der Waals surface area contributed by atoms with E-state index in [-0.39, 0.29) is 30.8 Å². The molecule has 2 aliphatic rings. The van der Waals surface area contributed by atoms with Crippen LogP contribution in [0.3, 0.4) is 0 Å². The third-order valence-corrected chi connectivity index (χ3v) is 6.28. The molecule has 0 saturated carbocycles. The van der Waals surface area contributed by atoms with Gasteiger partial charge in [0.2, 0.25) is 11.8 Å². The Morgan fingerprint density at radius 2 is 1.76 bits per heavy atom. The van der Waals surface area contributed by atoms with Gasteiger partial charge in [-0.1, -0.05) is 67.9 Å². The van der Waals surface area contributed by atoms with Crippen LogP contribution >= 0.6 is 11.6 Å². The van der Waals surface area contributed by atoms with Crippen LogP contribution in [0, 0.1) is 11.8 Å². The topological polar surface area (TPSA) is 79.0 Å². The van der Waals surface area contributed by atoms with Crippen molar-refractivity contribution in [1.29, 1.82) is 0 Å². The highest BCUT2D eigenvalue weighted by molar-refractivity contribution is 6.30. The minimum absolute atomic E-state index is 0.0718. The van der Waals surface area contributed by atoms with Gasteiger partial charge < -0.3 is 5.32 Å². The van der Waals surface area contributed by atoms with Crippen molar-refractivity contribution >= 4 is 29.3 Å². The van der Waals surface area contributed by atoms with Crippen molar-refractivity contribution in [3.8, 4) is 0 Å². The lowest BCUT2D eigenvalue weighted by Gasteiger charge is -2.27. The van der Waals surface area contributed by atoms with Crippen molar-refractivity contribution in [2.45, 2.75) is 39.0 Å². The normalized spacial score (nSPS) is 22.8. The summed E-state index contributed by atoms with van der Waals surface area (Å²) in [5, 5.41) is 4.92. The molecule has 2 saturated heterocycles. The van der Waals surface area contributed by atoms with Crippen molar-refractivity contribution in [2.75, 3.05) is 13.1 Å². The first kappa shape index (κ1) is 23.4. The molecule has 2 aromatic rings. The number of imide groups is 1. The van der Waals surface area contributed by atoms with Crippen LogP contribution in [0.15, 0.2) is 54.6 Å². The number of fused-ring (bicyclic) bond motifs is 1. The first-order chi connectivity index (χ1) is 15.8. The standard InChI is InChI=1S/C25H28ClN3O4/c1-16(2)12-13-27-20(30)15-29-22(18-8-10-19(26)11-9-18)21-23(33-29)25(32)28(24(21)31)14-17-6-4-3-5-7-17/h3-11,16,21-23H,12-15H2,1-2H3,(H,27,30). The number of carbonyl (C=O) groups excluding carboxylic acids is 3. The van der Waals surface area contributed by atoms with E-state index >= 15 is 0 Å². The maximum absolute atomic E-state index is 13.4. The van der Waals surface area contributed by atoms with Gasteiger partial charge in [0.25, 0.3) is 5.91 Å². The number of halogens is 1. The van der Waals surface area contributed by atoms with Crippen LogP contribution in [0.25, 0.3) is 0 Å². The molecule has 8 heteroatoms. The summed E-state index contributed by atoms with van der Waals surface area (Å²) in [7, 11) is 0. The molecule has 0 bridgehead atoms. The summed E-state index contributed by atoms with van der Waals surface area (Å²) in [5.74, 6) is -1.14. The average Bonchev–Trinajstić information content (AvgIpc) is 3.25. The Morgan fingerprint density at radius 1 is 1.06 bits per heavy atom. The molecule has 2 heterocycles. The molecular weight excluding hydrogens is 442 g/mol. The fraction of sp³-hybridized carbons (Fsp3) is 0.400. The number of hydrogen-bond donors (Lipinski definition) is 1. The smallest absolute Gasteiger partial charge is 0.261 e. The summed E-state index contributed by atoms with van der Waals surface area (Å²) in [6, 6.07) is 15.9. The van der Waals surface area contributed by atoms with Gasteiger partial charge in [-0.25, -0.2) is 0 Å². The Bertz CT molecular complexity index is 1010. The van der Waals surface area contributed by atoms with Crippen LogP contribution in [0.4, 0.5) is 0 Å². The molecule has 4 rings (SSSR count). The second-order valence-electron chi connectivity index (χ2n) is 8.90. The monoisotopic (exact) mass is 469 g/mol. The van der Waals surface area contributed by atoms with Gasteiger partial charge in [0.15, 0.2) is 6.10 Å². The fourth-order valence-electron chi connectivity index (χ4n) is 4.32. The summed E-state index contributed by atoms with van der Waals surface area (Å²) >= 11 is 6.06. The van der Waals surface area contributed by atoms with Crippen LogP contribution in [-0.2, 0) is 25.8 Å². The van der Waals surface area contributed by atoms with Crippen LogP contribution in [-0.4, -0.2) is 46.9 Å². The van der Waals surface area contributed by atoms with Crippen LogP contribution in [0.5, 0.6) is 0 Å². The maximum atomic E-state index is 13.4. The number of rotatable bonds is 8. The Morgan fingerprint density at radius 3 is 2.42 bits per heavy atom. The molecule has 0 aromatic heterocycles. The SMILES string of the molecule is CC(C)CCNC(=O)CN1OC2C(=O)N(Cc3ccccc3)C(=O)C2C1c1ccc(Cl)cc1. The summed E-state index contributed by atoms with van der Waals surface area (Å²) < 4.78 is 0. The van der Waals surface area contributed by atoms with Crippen molar-refractivity contribution in [3.63, 3.8) is 0 Å². The van der Waals surface area contributed by atoms with Gasteiger partial charge in [0, 0.05) is 11.6 Å². The Hall–Kier alpha value is -2.74. The third-order valence-electron chi connectivity index (χ3n) is 6.02. The largest absolute Gasteiger partial charge is 0.355 e. The van der Waals surface area contributed by atoms with E-state index in [4.69, 9.17) is 16.4 Å². The van der Waals surface area contributed by atoms with Crippen molar-refractivity contribution in [1.82, 2.24) is 15.3 Å². The van der Waals surface area contributed by atoms with Crippen molar-refractivity contribution < 1.29 is 19.2 Å². The lowest BCUT2D eigenvalue weighted by Crippen LogP contribution is -2.41. The van der Waals surface area contributed by atoms with Gasteiger partial charge in [-0.2, -0.15) is 5.06 Å². The number of amides is 3. The zero-order valence-electron chi connectivity index (χ0n) is 18.7. The second-order valence-corrected chi connectivity index (χ2v) is 9.34. The van der Waals surface area contributed by atoms with E-state index in [1.807, 2.05) is 30.3 Å². The van der Waals surface area contributed by atoms with E-state index in [2.05, 4.69) is 19.2 Å². The summed E-state index contributed by atoms with van der Waals surface area (Å²) in [6.45, 7) is 4.86. The second kappa shape index (κ2) is 10.0. The zero-order chi connectivity index (χ0) is 23.5. The zero-order valence-corrected chi connectivity index (χ0v) is 19.5. The van der Waals surface area contributed by atoms with E-state index in [1.54, 1.807) is 24.3 Å². The number of nitrogens with one attached hydrogen (secondary N) is 1. The molecular formula is C25H28ClN3O4. The Labute approximate surface area is 198 Å². The Balaban J connectivity index is 1.55. The predicted molar refractivity (Wildman–Crippen MR) is 124 cm³/mol. The lowest BCUT2D eigenvalue weighted by molar-refractivity contribution is -0.182. The average molecular weight is 470 g/mol. The number of carbonyl (C=O) groups is 3.